The van der Waals surface area contributed by atoms with E-state index in [-0.39, 0.29) is 10.6 Å². The number of aromatic nitrogens is 1. The summed E-state index contributed by atoms with van der Waals surface area (Å²) in [6.07, 6.45) is 2.95. The predicted molar refractivity (Wildman–Crippen MR) is 72.7 cm³/mol. The zero-order chi connectivity index (χ0) is 14.7. The van der Waals surface area contributed by atoms with Gasteiger partial charge in [0.2, 0.25) is 0 Å². The summed E-state index contributed by atoms with van der Waals surface area (Å²) in [4.78, 5) is 14.9. The fourth-order valence-corrected chi connectivity index (χ4v) is 2.99. The first-order valence-electron chi connectivity index (χ1n) is 5.48. The van der Waals surface area contributed by atoms with E-state index in [1.165, 1.54) is 18.5 Å². The first kappa shape index (κ1) is 14.6. The van der Waals surface area contributed by atoms with Gasteiger partial charge in [0, 0.05) is 17.3 Å². The number of halogens is 2. The Balaban J connectivity index is 2.28. The molecule has 2 rings (SSSR count). The molecule has 2 aromatic rings. The second-order valence-electron chi connectivity index (χ2n) is 3.90. The van der Waals surface area contributed by atoms with Crippen LogP contribution in [0.2, 0.25) is 5.02 Å². The number of hydrogen-bond acceptors (Lipinski definition) is 3. The monoisotopic (exact) mass is 313 g/mol. The summed E-state index contributed by atoms with van der Waals surface area (Å²) in [6, 6.07) is 4.99. The topological polar surface area (TPSA) is 67.3 Å². The van der Waals surface area contributed by atoms with E-state index in [4.69, 9.17) is 16.7 Å². The van der Waals surface area contributed by atoms with E-state index >= 15 is 0 Å². The average molecular weight is 314 g/mol. The molecule has 7 heteroatoms. The van der Waals surface area contributed by atoms with Gasteiger partial charge in [-0.2, -0.15) is 0 Å². The van der Waals surface area contributed by atoms with Crippen LogP contribution in [0, 0.1) is 5.82 Å². The molecule has 1 aromatic heterocycles. The quantitative estimate of drug-likeness (QED) is 0.942. The van der Waals surface area contributed by atoms with E-state index in [1.54, 1.807) is 6.07 Å². The smallest absolute Gasteiger partial charge is 0.338 e. The number of nitrogens with zero attached hydrogens (tertiary/aromatic N) is 1. The summed E-state index contributed by atoms with van der Waals surface area (Å²) in [5, 5.41) is 9.21. The van der Waals surface area contributed by atoms with Gasteiger partial charge in [0.25, 0.3) is 0 Å². The van der Waals surface area contributed by atoms with Crippen molar-refractivity contribution < 1.29 is 18.5 Å². The molecule has 1 atom stereocenters. The number of carboxylic acid groups (broad SMARTS) is 1. The largest absolute Gasteiger partial charge is 0.478 e. The maximum Gasteiger partial charge on any atom is 0.338 e. The van der Waals surface area contributed by atoms with Crippen LogP contribution in [0.5, 0.6) is 0 Å². The third kappa shape index (κ3) is 3.20. The van der Waals surface area contributed by atoms with E-state index in [9.17, 15) is 13.4 Å². The Bertz CT molecular complexity index is 693. The number of aromatic carboxylic acids is 1. The normalized spacial score (nSPS) is 12.1. The summed E-state index contributed by atoms with van der Waals surface area (Å²) in [5.74, 6) is -2.16. The average Bonchev–Trinajstić information content (AvgIpc) is 2.41. The molecule has 0 spiro atoms. The van der Waals surface area contributed by atoms with Crippen molar-refractivity contribution in [2.75, 3.05) is 0 Å². The maximum atomic E-state index is 13.3. The molecular formula is C13H9ClFNO3S. The molecule has 0 saturated carbocycles. The van der Waals surface area contributed by atoms with E-state index in [1.807, 2.05) is 0 Å². The molecular weight excluding hydrogens is 305 g/mol. The van der Waals surface area contributed by atoms with Crippen molar-refractivity contribution in [2.45, 2.75) is 10.6 Å². The third-order valence-corrected chi connectivity index (χ3v) is 4.27. The van der Waals surface area contributed by atoms with Crippen LogP contribution in [0.4, 0.5) is 4.39 Å². The zero-order valence-electron chi connectivity index (χ0n) is 10.0. The molecule has 20 heavy (non-hydrogen) atoms. The number of carbonyl (C=O) groups is 1. The van der Waals surface area contributed by atoms with Crippen molar-refractivity contribution in [1.82, 2.24) is 4.98 Å². The first-order valence-corrected chi connectivity index (χ1v) is 7.18. The van der Waals surface area contributed by atoms with Crippen LogP contribution in [-0.4, -0.2) is 20.3 Å². The Morgan fingerprint density at radius 1 is 1.40 bits per heavy atom. The molecule has 4 nitrogen and oxygen atoms in total. The molecule has 0 radical (unpaired) electrons. The maximum absolute atomic E-state index is 13.3. The Morgan fingerprint density at radius 3 is 2.80 bits per heavy atom. The Hall–Kier alpha value is -1.79. The van der Waals surface area contributed by atoms with Crippen molar-refractivity contribution in [2.24, 2.45) is 0 Å². The molecule has 1 heterocycles. The van der Waals surface area contributed by atoms with Crippen LogP contribution in [0.1, 0.15) is 15.9 Å². The Labute approximate surface area is 121 Å². The van der Waals surface area contributed by atoms with Gasteiger partial charge in [0.1, 0.15) is 5.82 Å². The van der Waals surface area contributed by atoms with E-state index in [0.29, 0.717) is 10.6 Å². The number of hydrogen-bond donors (Lipinski definition) is 1. The van der Waals surface area contributed by atoms with Crippen molar-refractivity contribution in [3.63, 3.8) is 0 Å². The van der Waals surface area contributed by atoms with Gasteiger partial charge in [-0.15, -0.1) is 0 Å². The molecule has 0 fully saturated rings. The lowest BCUT2D eigenvalue weighted by Gasteiger charge is -2.06. The summed E-state index contributed by atoms with van der Waals surface area (Å²) >= 11 is 5.91. The summed E-state index contributed by atoms with van der Waals surface area (Å²) in [5.41, 5.74) is 0.123. The van der Waals surface area contributed by atoms with Gasteiger partial charge in [-0.3, -0.25) is 9.19 Å². The Morgan fingerprint density at radius 2 is 2.15 bits per heavy atom. The summed E-state index contributed by atoms with van der Waals surface area (Å²) < 4.78 is 25.4. The van der Waals surface area contributed by atoms with Gasteiger partial charge in [-0.1, -0.05) is 11.6 Å². The van der Waals surface area contributed by atoms with Crippen molar-refractivity contribution in [3.05, 3.63) is 58.6 Å². The SMILES string of the molecule is O=C(O)c1cc(S(=O)Cc2ccncc2Cl)ccc1F. The number of rotatable bonds is 4. The highest BCUT2D eigenvalue weighted by Gasteiger charge is 2.14. The Kier molecular flexibility index (Phi) is 4.46. The second kappa shape index (κ2) is 6.11. The minimum absolute atomic E-state index is 0.103. The molecule has 0 aliphatic carbocycles. The lowest BCUT2D eigenvalue weighted by atomic mass is 10.2. The highest BCUT2D eigenvalue weighted by Crippen LogP contribution is 2.20. The fraction of sp³-hybridized carbons (Fsp3) is 0.0769. The summed E-state index contributed by atoms with van der Waals surface area (Å²) in [7, 11) is -1.52. The predicted octanol–water partition coefficient (Wildman–Crippen LogP) is 2.88. The van der Waals surface area contributed by atoms with Crippen LogP contribution in [0.25, 0.3) is 0 Å². The highest BCUT2D eigenvalue weighted by atomic mass is 35.5. The van der Waals surface area contributed by atoms with Crippen LogP contribution in [0.15, 0.2) is 41.6 Å². The molecule has 0 amide bonds. The standard InChI is InChI=1S/C13H9ClFNO3S/c14-11-6-16-4-3-8(11)7-20(19)9-1-2-12(15)10(5-9)13(17)18/h1-6H,7H2,(H,17,18). The number of benzene rings is 1. The van der Waals surface area contributed by atoms with Gasteiger partial charge in [-0.05, 0) is 29.8 Å². The minimum Gasteiger partial charge on any atom is -0.478 e. The lowest BCUT2D eigenvalue weighted by Crippen LogP contribution is -2.04. The van der Waals surface area contributed by atoms with Crippen molar-refractivity contribution in [3.8, 4) is 0 Å². The van der Waals surface area contributed by atoms with Crippen LogP contribution in [0.3, 0.4) is 0 Å². The molecule has 0 aliphatic heterocycles. The van der Waals surface area contributed by atoms with E-state index in [0.717, 1.165) is 12.1 Å². The molecule has 104 valence electrons. The van der Waals surface area contributed by atoms with Gasteiger partial charge in [-0.25, -0.2) is 9.18 Å². The molecule has 1 aromatic carbocycles. The van der Waals surface area contributed by atoms with Crippen molar-refractivity contribution in [1.29, 1.82) is 0 Å². The van der Waals surface area contributed by atoms with E-state index in [2.05, 4.69) is 4.98 Å². The minimum atomic E-state index is -1.52. The van der Waals surface area contributed by atoms with Gasteiger partial charge < -0.3 is 5.11 Å². The molecule has 1 unspecified atom stereocenters. The second-order valence-corrected chi connectivity index (χ2v) is 5.76. The molecule has 1 N–H and O–H groups in total. The lowest BCUT2D eigenvalue weighted by molar-refractivity contribution is 0.0691. The first-order chi connectivity index (χ1) is 9.49. The van der Waals surface area contributed by atoms with Gasteiger partial charge in [0.15, 0.2) is 0 Å². The number of pyridine rings is 1. The molecule has 0 aliphatic rings. The number of carboxylic acids is 1. The van der Waals surface area contributed by atoms with Crippen molar-refractivity contribution >= 4 is 28.4 Å². The van der Waals surface area contributed by atoms with E-state index < -0.39 is 28.1 Å². The third-order valence-electron chi connectivity index (χ3n) is 2.57. The van der Waals surface area contributed by atoms with Crippen LogP contribution >= 0.6 is 11.6 Å². The summed E-state index contributed by atoms with van der Waals surface area (Å²) in [6.45, 7) is 0. The van der Waals surface area contributed by atoms with Crippen LogP contribution in [-0.2, 0) is 16.6 Å². The van der Waals surface area contributed by atoms with Gasteiger partial charge >= 0.3 is 5.97 Å². The fourth-order valence-electron chi connectivity index (χ4n) is 1.56. The molecule has 0 bridgehead atoms. The van der Waals surface area contributed by atoms with Gasteiger partial charge in [0.05, 0.1) is 27.1 Å². The molecule has 0 saturated heterocycles. The highest BCUT2D eigenvalue weighted by molar-refractivity contribution is 7.84. The van der Waals surface area contributed by atoms with Crippen LogP contribution < -0.4 is 0 Å². The zero-order valence-corrected chi connectivity index (χ0v) is 11.6.